The molecule has 1 saturated heterocycles. The highest BCUT2D eigenvalue weighted by atomic mass is 35.5. The number of nitrogens with one attached hydrogen (secondary N) is 1. The van der Waals surface area contributed by atoms with Crippen molar-refractivity contribution in [2.75, 3.05) is 81.2 Å². The number of carbonyl (C=O) groups excluding carboxylic acids is 2. The van der Waals surface area contributed by atoms with Crippen LogP contribution in [0.15, 0.2) is 73.1 Å². The van der Waals surface area contributed by atoms with Crippen LogP contribution in [0.5, 0.6) is 11.5 Å². The molecule has 266 valence electrons. The maximum atomic E-state index is 14.5. The standard InChI is InChI=1S/C37H41ClN8O5/c1-43(2)12-6-9-29(47)18-25-7-5-8-26(17-25)23-46-35-27(24-45(37(46)48)31-19-30(49-3)20-32(50-4)34(31)38)21-40-36(42-35)41-33-11-10-28(22-39-33)44-13-15-51-16-14-44/h5-11,17,19-22H,12-16,18,23-24H2,1-4H3,(H,39,40,41,42)/b9-6+. The lowest BCUT2D eigenvalue weighted by Crippen LogP contribution is -2.47. The highest BCUT2D eigenvalue weighted by Crippen LogP contribution is 2.42. The first kappa shape index (κ1) is 35.6. The Labute approximate surface area is 302 Å². The van der Waals surface area contributed by atoms with E-state index < -0.39 is 0 Å². The van der Waals surface area contributed by atoms with Crippen molar-refractivity contribution in [3.05, 3.63) is 94.8 Å². The highest BCUT2D eigenvalue weighted by Gasteiger charge is 2.35. The first-order valence-corrected chi connectivity index (χ1v) is 16.9. The van der Waals surface area contributed by atoms with E-state index in [1.165, 1.54) is 14.2 Å². The number of amides is 2. The Bertz CT molecular complexity index is 1900. The number of aromatic nitrogens is 3. The molecule has 2 aliphatic rings. The van der Waals surface area contributed by atoms with E-state index in [4.69, 9.17) is 30.8 Å². The van der Waals surface area contributed by atoms with Gasteiger partial charge in [0, 0.05) is 49.9 Å². The van der Waals surface area contributed by atoms with E-state index in [1.807, 2.05) is 67.7 Å². The number of nitrogens with zero attached hydrogens (tertiary/aromatic N) is 7. The fourth-order valence-corrected chi connectivity index (χ4v) is 6.18. The second kappa shape index (κ2) is 16.2. The molecular formula is C37H41ClN8O5. The minimum atomic E-state index is -0.356. The van der Waals surface area contributed by atoms with Crippen LogP contribution in [0.25, 0.3) is 0 Å². The molecule has 2 amide bonds. The molecule has 2 aromatic carbocycles. The van der Waals surface area contributed by atoms with Gasteiger partial charge in [-0.05, 0) is 43.4 Å². The molecule has 1 N–H and O–H groups in total. The summed E-state index contributed by atoms with van der Waals surface area (Å²) < 4.78 is 16.5. The van der Waals surface area contributed by atoms with Gasteiger partial charge in [0.05, 0.1) is 58.1 Å². The SMILES string of the molecule is COc1cc(OC)c(Cl)c(N2Cc3cnc(Nc4ccc(N5CCOCC5)cn4)nc3N(Cc3cccc(CC(=O)/C=C/CN(C)C)c3)C2=O)c1. The monoisotopic (exact) mass is 712 g/mol. The molecule has 0 bridgehead atoms. The maximum Gasteiger partial charge on any atom is 0.330 e. The largest absolute Gasteiger partial charge is 0.497 e. The van der Waals surface area contributed by atoms with Gasteiger partial charge in [0.2, 0.25) is 5.95 Å². The Balaban J connectivity index is 1.31. The fraction of sp³-hybridized carbons (Fsp3) is 0.324. The number of benzene rings is 2. The van der Waals surface area contributed by atoms with Gasteiger partial charge < -0.3 is 29.3 Å². The molecule has 6 rings (SSSR count). The molecule has 14 heteroatoms. The Morgan fingerprint density at radius 3 is 2.57 bits per heavy atom. The van der Waals surface area contributed by atoms with Crippen LogP contribution in [-0.4, -0.2) is 92.8 Å². The van der Waals surface area contributed by atoms with Gasteiger partial charge in [-0.1, -0.05) is 41.9 Å². The van der Waals surface area contributed by atoms with Crippen molar-refractivity contribution in [3.63, 3.8) is 0 Å². The summed E-state index contributed by atoms with van der Waals surface area (Å²) in [4.78, 5) is 48.5. The predicted molar refractivity (Wildman–Crippen MR) is 198 cm³/mol. The summed E-state index contributed by atoms with van der Waals surface area (Å²) >= 11 is 6.78. The van der Waals surface area contributed by atoms with Gasteiger partial charge in [0.1, 0.15) is 28.2 Å². The van der Waals surface area contributed by atoms with E-state index in [0.29, 0.717) is 54.1 Å². The number of methoxy groups -OCH3 is 2. The Morgan fingerprint density at radius 1 is 1.04 bits per heavy atom. The summed E-state index contributed by atoms with van der Waals surface area (Å²) in [7, 11) is 6.94. The van der Waals surface area contributed by atoms with Crippen LogP contribution in [0.2, 0.25) is 5.02 Å². The van der Waals surface area contributed by atoms with E-state index in [-0.39, 0.29) is 42.3 Å². The number of allylic oxidation sites excluding steroid dienone is 1. The van der Waals surface area contributed by atoms with Crippen molar-refractivity contribution in [3.8, 4) is 11.5 Å². The fourth-order valence-electron chi connectivity index (χ4n) is 5.89. The van der Waals surface area contributed by atoms with E-state index in [0.717, 1.165) is 29.9 Å². The molecule has 0 saturated carbocycles. The molecule has 0 spiro atoms. The highest BCUT2D eigenvalue weighted by molar-refractivity contribution is 6.35. The maximum absolute atomic E-state index is 14.5. The molecule has 2 aliphatic heterocycles. The molecule has 4 heterocycles. The molecule has 0 unspecified atom stereocenters. The Kier molecular flexibility index (Phi) is 11.3. The lowest BCUT2D eigenvalue weighted by atomic mass is 10.0. The van der Waals surface area contributed by atoms with Crippen LogP contribution >= 0.6 is 11.6 Å². The molecule has 0 atom stereocenters. The summed E-state index contributed by atoms with van der Waals surface area (Å²) in [5.41, 5.74) is 3.79. The molecule has 2 aromatic heterocycles. The van der Waals surface area contributed by atoms with Crippen molar-refractivity contribution in [2.24, 2.45) is 0 Å². The quantitative estimate of drug-likeness (QED) is 0.177. The topological polar surface area (TPSA) is 125 Å². The smallest absolute Gasteiger partial charge is 0.330 e. The van der Waals surface area contributed by atoms with Gasteiger partial charge in [-0.25, -0.2) is 14.8 Å². The second-order valence-electron chi connectivity index (χ2n) is 12.4. The summed E-state index contributed by atoms with van der Waals surface area (Å²) in [5, 5.41) is 3.46. The van der Waals surface area contributed by atoms with Gasteiger partial charge in [-0.15, -0.1) is 0 Å². The van der Waals surface area contributed by atoms with Gasteiger partial charge in [-0.3, -0.25) is 14.6 Å². The Hall–Kier alpha value is -5.24. The third-order valence-corrected chi connectivity index (χ3v) is 8.86. The number of hydrogen-bond donors (Lipinski definition) is 1. The molecule has 13 nitrogen and oxygen atoms in total. The summed E-state index contributed by atoms with van der Waals surface area (Å²) in [6.07, 6.45) is 7.20. The molecule has 0 radical (unpaired) electrons. The van der Waals surface area contributed by atoms with Crippen molar-refractivity contribution in [1.29, 1.82) is 0 Å². The molecule has 4 aromatic rings. The third kappa shape index (κ3) is 8.56. The predicted octanol–water partition coefficient (Wildman–Crippen LogP) is 5.50. The zero-order valence-corrected chi connectivity index (χ0v) is 29.9. The molecular weight excluding hydrogens is 672 g/mol. The van der Waals surface area contributed by atoms with Crippen molar-refractivity contribution < 1.29 is 23.8 Å². The van der Waals surface area contributed by atoms with Crippen LogP contribution in [0.1, 0.15) is 16.7 Å². The average Bonchev–Trinajstić information content (AvgIpc) is 3.13. The number of urea groups is 1. The number of likely N-dealkylation sites (N-methyl/N-ethyl adjacent to an activating group) is 1. The van der Waals surface area contributed by atoms with Crippen molar-refractivity contribution in [1.82, 2.24) is 19.9 Å². The van der Waals surface area contributed by atoms with Gasteiger partial charge in [0.15, 0.2) is 5.78 Å². The number of anilines is 5. The number of morpholine rings is 1. The number of halogens is 1. The number of hydrogen-bond acceptors (Lipinski definition) is 11. The van der Waals surface area contributed by atoms with Crippen LogP contribution in [0.3, 0.4) is 0 Å². The number of rotatable bonds is 13. The first-order chi connectivity index (χ1) is 24.7. The zero-order chi connectivity index (χ0) is 35.9. The van der Waals surface area contributed by atoms with E-state index in [9.17, 15) is 9.59 Å². The van der Waals surface area contributed by atoms with E-state index in [1.54, 1.807) is 34.2 Å². The second-order valence-corrected chi connectivity index (χ2v) is 12.8. The molecule has 51 heavy (non-hydrogen) atoms. The van der Waals surface area contributed by atoms with Crippen molar-refractivity contribution in [2.45, 2.75) is 19.5 Å². The van der Waals surface area contributed by atoms with Gasteiger partial charge in [0.25, 0.3) is 0 Å². The summed E-state index contributed by atoms with van der Waals surface area (Å²) in [6.45, 7) is 3.99. The number of fused-ring (bicyclic) bond motifs is 1. The van der Waals surface area contributed by atoms with Crippen LogP contribution in [0, 0.1) is 0 Å². The number of ketones is 1. The van der Waals surface area contributed by atoms with Crippen LogP contribution in [0.4, 0.5) is 33.8 Å². The van der Waals surface area contributed by atoms with Crippen LogP contribution < -0.4 is 29.5 Å². The Morgan fingerprint density at radius 2 is 1.84 bits per heavy atom. The first-order valence-electron chi connectivity index (χ1n) is 16.6. The lowest BCUT2D eigenvalue weighted by molar-refractivity contribution is -0.114. The van der Waals surface area contributed by atoms with E-state index in [2.05, 4.69) is 20.2 Å². The zero-order valence-electron chi connectivity index (χ0n) is 29.1. The van der Waals surface area contributed by atoms with Gasteiger partial charge >= 0.3 is 6.03 Å². The van der Waals surface area contributed by atoms with Crippen molar-refractivity contribution >= 4 is 52.4 Å². The van der Waals surface area contributed by atoms with E-state index >= 15 is 0 Å². The minimum absolute atomic E-state index is 0.00349. The van der Waals surface area contributed by atoms with Gasteiger partial charge in [-0.2, -0.15) is 4.98 Å². The third-order valence-electron chi connectivity index (χ3n) is 8.48. The number of carbonyl (C=O) groups is 2. The lowest BCUT2D eigenvalue weighted by Gasteiger charge is -2.36. The summed E-state index contributed by atoms with van der Waals surface area (Å²) in [6, 6.07) is 14.5. The average molecular weight is 713 g/mol. The van der Waals surface area contributed by atoms with Crippen LogP contribution in [-0.2, 0) is 29.0 Å². The number of pyridine rings is 1. The molecule has 1 fully saturated rings. The molecule has 0 aliphatic carbocycles. The number of ether oxygens (including phenoxy) is 3. The normalized spacial score (nSPS) is 14.6. The minimum Gasteiger partial charge on any atom is -0.497 e. The summed E-state index contributed by atoms with van der Waals surface area (Å²) in [5.74, 6) is 2.15.